The quantitative estimate of drug-likeness (QED) is 0.901. The molecule has 126 valence electrons. The van der Waals surface area contributed by atoms with E-state index in [1.165, 1.54) is 12.4 Å². The van der Waals surface area contributed by atoms with E-state index in [-0.39, 0.29) is 13.1 Å². The molecule has 1 aliphatic heterocycles. The Hall–Kier alpha value is -2.48. The van der Waals surface area contributed by atoms with E-state index >= 15 is 0 Å². The van der Waals surface area contributed by atoms with Gasteiger partial charge in [-0.05, 0) is 30.2 Å². The maximum absolute atomic E-state index is 13.1. The number of aromatic nitrogens is 2. The molecule has 1 aromatic carbocycles. The number of hydrogen-bond acceptors (Lipinski definition) is 5. The van der Waals surface area contributed by atoms with Crippen molar-refractivity contribution in [1.29, 1.82) is 0 Å². The minimum atomic E-state index is -4.42. The van der Waals surface area contributed by atoms with Crippen LogP contribution in [0.25, 0.3) is 11.1 Å². The lowest BCUT2D eigenvalue weighted by Gasteiger charge is -2.13. The number of nitrogens with zero attached hydrogens (tertiary/aromatic N) is 3. The van der Waals surface area contributed by atoms with Gasteiger partial charge < -0.3 is 10.4 Å². The van der Waals surface area contributed by atoms with Gasteiger partial charge in [0.2, 0.25) is 5.95 Å². The van der Waals surface area contributed by atoms with Crippen molar-refractivity contribution in [3.63, 3.8) is 0 Å². The molecule has 1 aromatic heterocycles. The number of aliphatic hydroxyl groups is 1. The van der Waals surface area contributed by atoms with Crippen LogP contribution in [0.15, 0.2) is 29.5 Å². The third-order valence-electron chi connectivity index (χ3n) is 3.59. The van der Waals surface area contributed by atoms with Gasteiger partial charge in [0.15, 0.2) is 0 Å². The van der Waals surface area contributed by atoms with Crippen molar-refractivity contribution in [2.75, 3.05) is 11.9 Å². The predicted molar refractivity (Wildman–Crippen MR) is 83.9 cm³/mol. The Kier molecular flexibility index (Phi) is 4.23. The average Bonchev–Trinajstić information content (AvgIpc) is 3.00. The maximum atomic E-state index is 13.1. The van der Waals surface area contributed by atoms with Crippen molar-refractivity contribution in [3.8, 4) is 11.1 Å². The molecule has 0 saturated heterocycles. The van der Waals surface area contributed by atoms with E-state index in [1.807, 2.05) is 0 Å². The number of aliphatic imine (C=N–C) groups is 1. The zero-order valence-electron chi connectivity index (χ0n) is 12.8. The van der Waals surface area contributed by atoms with Crippen molar-refractivity contribution in [2.24, 2.45) is 4.99 Å². The summed E-state index contributed by atoms with van der Waals surface area (Å²) in [5, 5.41) is 12.1. The predicted octanol–water partition coefficient (Wildman–Crippen LogP) is 2.89. The molecule has 24 heavy (non-hydrogen) atoms. The lowest BCUT2D eigenvalue weighted by molar-refractivity contribution is -0.137. The van der Waals surface area contributed by atoms with Crippen molar-refractivity contribution >= 4 is 12.2 Å². The molecule has 2 N–H and O–H groups in total. The molecule has 8 heteroatoms. The molecule has 0 unspecified atom stereocenters. The molecule has 0 amide bonds. The van der Waals surface area contributed by atoms with Crippen molar-refractivity contribution in [1.82, 2.24) is 9.97 Å². The maximum Gasteiger partial charge on any atom is 0.416 e. The summed E-state index contributed by atoms with van der Waals surface area (Å²) in [6, 6.07) is 2.23. The largest absolute Gasteiger partial charge is 0.416 e. The number of fused-ring (bicyclic) bond motifs is 1. The highest BCUT2D eigenvalue weighted by molar-refractivity contribution is 5.94. The standard InChI is InChI=1S/C16H15F3N4O/c1-9(24)4-21-15-22-6-11(7-23-15)13-3-12(16(17,18)19)2-10-5-20-8-14(10)13/h2-3,6-9,24H,4-5H2,1H3,(H,21,22,23)/t9-/m0/s1. The molecule has 5 nitrogen and oxygen atoms in total. The Morgan fingerprint density at radius 3 is 2.58 bits per heavy atom. The number of hydrogen-bond donors (Lipinski definition) is 2. The fourth-order valence-electron chi connectivity index (χ4n) is 2.43. The number of aliphatic hydroxyl groups excluding tert-OH is 1. The van der Waals surface area contributed by atoms with Crippen LogP contribution in [0.1, 0.15) is 23.6 Å². The van der Waals surface area contributed by atoms with E-state index < -0.39 is 17.8 Å². The molecule has 0 saturated carbocycles. The van der Waals surface area contributed by atoms with Gasteiger partial charge in [-0.25, -0.2) is 9.97 Å². The van der Waals surface area contributed by atoms with Crippen LogP contribution in [0, 0.1) is 0 Å². The van der Waals surface area contributed by atoms with E-state index in [9.17, 15) is 18.3 Å². The second-order valence-corrected chi connectivity index (χ2v) is 5.59. The molecule has 0 aliphatic carbocycles. The Morgan fingerprint density at radius 1 is 1.25 bits per heavy atom. The van der Waals surface area contributed by atoms with Gasteiger partial charge in [0.25, 0.3) is 0 Å². The fraction of sp³-hybridized carbons (Fsp3) is 0.312. The van der Waals surface area contributed by atoms with Gasteiger partial charge in [0.1, 0.15) is 0 Å². The first-order valence-corrected chi connectivity index (χ1v) is 7.33. The topological polar surface area (TPSA) is 70.4 Å². The van der Waals surface area contributed by atoms with E-state index in [1.54, 1.807) is 13.1 Å². The van der Waals surface area contributed by atoms with Crippen molar-refractivity contribution < 1.29 is 18.3 Å². The first-order valence-electron chi connectivity index (χ1n) is 7.33. The number of anilines is 1. The number of nitrogens with one attached hydrogen (secondary N) is 1. The fourth-order valence-corrected chi connectivity index (χ4v) is 2.43. The van der Waals surface area contributed by atoms with Crippen LogP contribution < -0.4 is 5.32 Å². The van der Waals surface area contributed by atoms with Gasteiger partial charge in [-0.3, -0.25) is 4.99 Å². The van der Waals surface area contributed by atoms with Crippen LogP contribution in [-0.2, 0) is 12.7 Å². The molecular weight excluding hydrogens is 321 g/mol. The van der Waals surface area contributed by atoms with Gasteiger partial charge in [-0.15, -0.1) is 0 Å². The minimum Gasteiger partial charge on any atom is -0.392 e. The number of benzene rings is 1. The third kappa shape index (κ3) is 3.38. The first-order chi connectivity index (χ1) is 11.3. The minimum absolute atomic E-state index is 0.237. The molecule has 1 aliphatic rings. The van der Waals surface area contributed by atoms with Crippen LogP contribution >= 0.6 is 0 Å². The molecule has 0 bridgehead atoms. The molecule has 0 fully saturated rings. The zero-order valence-corrected chi connectivity index (χ0v) is 12.8. The summed E-state index contributed by atoms with van der Waals surface area (Å²) in [7, 11) is 0. The number of rotatable bonds is 4. The molecule has 0 radical (unpaired) electrons. The van der Waals surface area contributed by atoms with Crippen LogP contribution in [0.2, 0.25) is 0 Å². The molecule has 3 rings (SSSR count). The molecule has 0 spiro atoms. The van der Waals surface area contributed by atoms with E-state index in [0.717, 1.165) is 12.1 Å². The molecule has 2 heterocycles. The van der Waals surface area contributed by atoms with Gasteiger partial charge in [0, 0.05) is 36.3 Å². The zero-order chi connectivity index (χ0) is 17.3. The number of halogens is 3. The van der Waals surface area contributed by atoms with Crippen LogP contribution in [0.4, 0.5) is 19.1 Å². The monoisotopic (exact) mass is 336 g/mol. The van der Waals surface area contributed by atoms with Gasteiger partial charge >= 0.3 is 6.18 Å². The molecular formula is C16H15F3N4O. The smallest absolute Gasteiger partial charge is 0.392 e. The Morgan fingerprint density at radius 2 is 1.96 bits per heavy atom. The Labute approximate surface area is 136 Å². The summed E-state index contributed by atoms with van der Waals surface area (Å²) in [6.45, 7) is 2.14. The summed E-state index contributed by atoms with van der Waals surface area (Å²) in [5.74, 6) is 0.303. The lowest BCUT2D eigenvalue weighted by Crippen LogP contribution is -2.16. The SMILES string of the molecule is C[C@H](O)CNc1ncc(-c2cc(C(F)(F)F)cc3c2C=NC3)cn1. The second kappa shape index (κ2) is 6.20. The van der Waals surface area contributed by atoms with Crippen LogP contribution in [0.5, 0.6) is 0 Å². The van der Waals surface area contributed by atoms with Gasteiger partial charge in [0.05, 0.1) is 18.2 Å². The van der Waals surface area contributed by atoms with Crippen molar-refractivity contribution in [3.05, 3.63) is 41.2 Å². The highest BCUT2D eigenvalue weighted by Gasteiger charge is 2.32. The van der Waals surface area contributed by atoms with E-state index in [2.05, 4.69) is 20.3 Å². The second-order valence-electron chi connectivity index (χ2n) is 5.59. The summed E-state index contributed by atoms with van der Waals surface area (Å²) in [5.41, 5.74) is 1.38. The molecule has 2 aromatic rings. The van der Waals surface area contributed by atoms with Crippen molar-refractivity contribution in [2.45, 2.75) is 25.7 Å². The summed E-state index contributed by atoms with van der Waals surface area (Å²) >= 11 is 0. The average molecular weight is 336 g/mol. The van der Waals surface area contributed by atoms with Crippen LogP contribution in [0.3, 0.4) is 0 Å². The summed E-state index contributed by atoms with van der Waals surface area (Å²) in [6.07, 6.45) is -0.495. The first kappa shape index (κ1) is 16.4. The molecule has 1 atom stereocenters. The Balaban J connectivity index is 1.97. The highest BCUT2D eigenvalue weighted by atomic mass is 19.4. The normalized spacial score (nSPS) is 14.5. The van der Waals surface area contributed by atoms with Gasteiger partial charge in [-0.1, -0.05) is 0 Å². The summed E-state index contributed by atoms with van der Waals surface area (Å²) < 4.78 is 39.3. The number of alkyl halides is 3. The lowest BCUT2D eigenvalue weighted by atomic mass is 9.95. The highest BCUT2D eigenvalue weighted by Crippen LogP contribution is 2.36. The van der Waals surface area contributed by atoms with E-state index in [4.69, 9.17) is 0 Å². The third-order valence-corrected chi connectivity index (χ3v) is 3.59. The van der Waals surface area contributed by atoms with E-state index in [0.29, 0.717) is 28.2 Å². The van der Waals surface area contributed by atoms with Crippen LogP contribution in [-0.4, -0.2) is 33.9 Å². The Bertz CT molecular complexity index is 770. The van der Waals surface area contributed by atoms with Gasteiger partial charge in [-0.2, -0.15) is 13.2 Å². The summed E-state index contributed by atoms with van der Waals surface area (Å²) in [4.78, 5) is 12.2.